The van der Waals surface area contributed by atoms with Crippen molar-refractivity contribution in [3.8, 4) is 11.1 Å². The van der Waals surface area contributed by atoms with Gasteiger partial charge in [-0.2, -0.15) is 0 Å². The van der Waals surface area contributed by atoms with Gasteiger partial charge in [-0.1, -0.05) is 24.3 Å². The van der Waals surface area contributed by atoms with Crippen LogP contribution in [0, 0.1) is 0 Å². The minimum atomic E-state index is -0.399. The maximum absolute atomic E-state index is 9.57. The van der Waals surface area contributed by atoms with Crippen LogP contribution < -0.4 is 5.32 Å². The Morgan fingerprint density at radius 3 is 2.86 bits per heavy atom. The number of aromatic nitrogens is 1. The highest BCUT2D eigenvalue weighted by Crippen LogP contribution is 2.19. The van der Waals surface area contributed by atoms with E-state index < -0.39 is 6.10 Å². The normalized spacial score (nSPS) is 12.3. The van der Waals surface area contributed by atoms with Crippen molar-refractivity contribution < 1.29 is 9.84 Å². The average Bonchev–Trinajstić information content (AvgIpc) is 2.53. The molecule has 1 aromatic carbocycles. The summed E-state index contributed by atoms with van der Waals surface area (Å²) >= 11 is 0. The SMILES string of the molecule is COCC(O)CCNCc1cccc(-c2cccnc2)c1. The topological polar surface area (TPSA) is 54.4 Å². The summed E-state index contributed by atoms with van der Waals surface area (Å²) in [6.45, 7) is 1.94. The van der Waals surface area contributed by atoms with Crippen molar-refractivity contribution in [2.75, 3.05) is 20.3 Å². The molecule has 4 heteroatoms. The molecule has 1 unspecified atom stereocenters. The molecule has 0 aliphatic carbocycles. The van der Waals surface area contributed by atoms with Crippen molar-refractivity contribution in [2.24, 2.45) is 0 Å². The Morgan fingerprint density at radius 2 is 2.10 bits per heavy atom. The molecular formula is C17H22N2O2. The van der Waals surface area contributed by atoms with Crippen LogP contribution in [0.4, 0.5) is 0 Å². The van der Waals surface area contributed by atoms with E-state index in [1.54, 1.807) is 13.3 Å². The molecule has 0 amide bonds. The highest BCUT2D eigenvalue weighted by atomic mass is 16.5. The minimum Gasteiger partial charge on any atom is -0.391 e. The van der Waals surface area contributed by atoms with E-state index in [1.807, 2.05) is 12.3 Å². The third kappa shape index (κ3) is 5.27. The van der Waals surface area contributed by atoms with Crippen LogP contribution in [0.1, 0.15) is 12.0 Å². The van der Waals surface area contributed by atoms with Gasteiger partial charge in [-0.3, -0.25) is 4.98 Å². The number of aliphatic hydroxyl groups excluding tert-OH is 1. The van der Waals surface area contributed by atoms with Crippen molar-refractivity contribution in [1.82, 2.24) is 10.3 Å². The molecule has 1 heterocycles. The molecule has 1 atom stereocenters. The van der Waals surface area contributed by atoms with Crippen LogP contribution in [0.2, 0.25) is 0 Å². The molecule has 0 saturated heterocycles. The van der Waals surface area contributed by atoms with Crippen LogP contribution in [0.25, 0.3) is 11.1 Å². The van der Waals surface area contributed by atoms with Gasteiger partial charge < -0.3 is 15.2 Å². The summed E-state index contributed by atoms with van der Waals surface area (Å²) in [6.07, 6.45) is 3.94. The Hall–Kier alpha value is -1.75. The van der Waals surface area contributed by atoms with Gasteiger partial charge >= 0.3 is 0 Å². The van der Waals surface area contributed by atoms with Crippen molar-refractivity contribution in [2.45, 2.75) is 19.1 Å². The van der Waals surface area contributed by atoms with Crippen LogP contribution in [0.15, 0.2) is 48.8 Å². The van der Waals surface area contributed by atoms with Crippen molar-refractivity contribution in [3.05, 3.63) is 54.4 Å². The van der Waals surface area contributed by atoms with Gasteiger partial charge in [0.2, 0.25) is 0 Å². The third-order valence-electron chi connectivity index (χ3n) is 3.26. The van der Waals surface area contributed by atoms with Crippen LogP contribution >= 0.6 is 0 Å². The number of benzene rings is 1. The van der Waals surface area contributed by atoms with Crippen LogP contribution in [0.3, 0.4) is 0 Å². The predicted molar refractivity (Wildman–Crippen MR) is 83.9 cm³/mol. The first-order chi connectivity index (χ1) is 10.3. The van der Waals surface area contributed by atoms with Gasteiger partial charge in [0.05, 0.1) is 12.7 Å². The first-order valence-electron chi connectivity index (χ1n) is 7.16. The molecule has 1 aromatic heterocycles. The summed E-state index contributed by atoms with van der Waals surface area (Å²) in [5, 5.41) is 12.9. The Bertz CT molecular complexity index is 531. The quantitative estimate of drug-likeness (QED) is 0.731. The highest BCUT2D eigenvalue weighted by Gasteiger charge is 2.03. The summed E-state index contributed by atoms with van der Waals surface area (Å²) in [5.74, 6) is 0. The van der Waals surface area contributed by atoms with E-state index in [1.165, 1.54) is 11.1 Å². The summed E-state index contributed by atoms with van der Waals surface area (Å²) < 4.78 is 4.90. The van der Waals surface area contributed by atoms with E-state index in [-0.39, 0.29) is 0 Å². The molecule has 0 aliphatic rings. The number of rotatable bonds is 8. The number of nitrogens with zero attached hydrogens (tertiary/aromatic N) is 1. The molecule has 21 heavy (non-hydrogen) atoms. The number of hydrogen-bond donors (Lipinski definition) is 2. The second kappa shape index (κ2) is 8.52. The van der Waals surface area contributed by atoms with Gasteiger partial charge in [-0.25, -0.2) is 0 Å². The molecule has 2 aromatic rings. The van der Waals surface area contributed by atoms with E-state index in [2.05, 4.69) is 40.6 Å². The number of ether oxygens (including phenoxy) is 1. The molecule has 0 radical (unpaired) electrons. The fraction of sp³-hybridized carbons (Fsp3) is 0.353. The second-order valence-electron chi connectivity index (χ2n) is 5.02. The lowest BCUT2D eigenvalue weighted by molar-refractivity contribution is 0.0594. The standard InChI is InChI=1S/C17H22N2O2/c1-21-13-17(20)7-9-19-11-14-4-2-5-15(10-14)16-6-3-8-18-12-16/h2-6,8,10,12,17,19-20H,7,9,11,13H2,1H3. The van der Waals surface area contributed by atoms with E-state index >= 15 is 0 Å². The molecule has 0 fully saturated rings. The van der Waals surface area contributed by atoms with Crippen molar-refractivity contribution in [3.63, 3.8) is 0 Å². The molecule has 0 spiro atoms. The zero-order valence-electron chi connectivity index (χ0n) is 12.3. The third-order valence-corrected chi connectivity index (χ3v) is 3.26. The first kappa shape index (κ1) is 15.6. The molecule has 0 aliphatic heterocycles. The smallest absolute Gasteiger partial charge is 0.0785 e. The maximum Gasteiger partial charge on any atom is 0.0785 e. The number of nitrogens with one attached hydrogen (secondary N) is 1. The molecule has 4 nitrogen and oxygen atoms in total. The van der Waals surface area contributed by atoms with Crippen molar-refractivity contribution >= 4 is 0 Å². The molecule has 0 bridgehead atoms. The van der Waals surface area contributed by atoms with Gasteiger partial charge in [-0.15, -0.1) is 0 Å². The number of methoxy groups -OCH3 is 1. The molecule has 2 N–H and O–H groups in total. The lowest BCUT2D eigenvalue weighted by Gasteiger charge is -2.10. The monoisotopic (exact) mass is 286 g/mol. The van der Waals surface area contributed by atoms with E-state index in [4.69, 9.17) is 4.74 Å². The zero-order chi connectivity index (χ0) is 14.9. The Kier molecular flexibility index (Phi) is 6.34. The first-order valence-corrected chi connectivity index (χ1v) is 7.16. The summed E-state index contributed by atoms with van der Waals surface area (Å²) in [5.41, 5.74) is 3.51. The Balaban J connectivity index is 1.85. The van der Waals surface area contributed by atoms with Gasteiger partial charge in [0.25, 0.3) is 0 Å². The molecular weight excluding hydrogens is 264 g/mol. The fourth-order valence-electron chi connectivity index (χ4n) is 2.17. The second-order valence-corrected chi connectivity index (χ2v) is 5.02. The molecule has 112 valence electrons. The fourth-order valence-corrected chi connectivity index (χ4v) is 2.17. The van der Waals surface area contributed by atoms with E-state index in [9.17, 15) is 5.11 Å². The Labute approximate surface area is 125 Å². The van der Waals surface area contributed by atoms with E-state index in [0.717, 1.165) is 18.7 Å². The van der Waals surface area contributed by atoms with E-state index in [0.29, 0.717) is 13.0 Å². The predicted octanol–water partition coefficient (Wildman–Crippen LogP) is 2.24. The van der Waals surface area contributed by atoms with Gasteiger partial charge in [0.1, 0.15) is 0 Å². The highest BCUT2D eigenvalue weighted by molar-refractivity contribution is 5.62. The average molecular weight is 286 g/mol. The maximum atomic E-state index is 9.57. The lowest BCUT2D eigenvalue weighted by Crippen LogP contribution is -2.23. The van der Waals surface area contributed by atoms with Gasteiger partial charge in [0, 0.05) is 26.0 Å². The number of hydrogen-bond acceptors (Lipinski definition) is 4. The minimum absolute atomic E-state index is 0.387. The number of pyridine rings is 1. The number of aliphatic hydroxyl groups is 1. The zero-order valence-corrected chi connectivity index (χ0v) is 12.3. The van der Waals surface area contributed by atoms with Crippen molar-refractivity contribution in [1.29, 1.82) is 0 Å². The Morgan fingerprint density at radius 1 is 1.24 bits per heavy atom. The van der Waals surface area contributed by atoms with Gasteiger partial charge in [-0.05, 0) is 41.8 Å². The van der Waals surface area contributed by atoms with Crippen LogP contribution in [0.5, 0.6) is 0 Å². The largest absolute Gasteiger partial charge is 0.391 e. The van der Waals surface area contributed by atoms with Gasteiger partial charge in [0.15, 0.2) is 0 Å². The van der Waals surface area contributed by atoms with Crippen LogP contribution in [-0.4, -0.2) is 36.5 Å². The summed E-state index contributed by atoms with van der Waals surface area (Å²) in [7, 11) is 1.60. The van der Waals surface area contributed by atoms with Crippen LogP contribution in [-0.2, 0) is 11.3 Å². The molecule has 2 rings (SSSR count). The molecule has 0 saturated carbocycles. The lowest BCUT2D eigenvalue weighted by atomic mass is 10.0. The summed E-state index contributed by atoms with van der Waals surface area (Å²) in [6, 6.07) is 12.4. The summed E-state index contributed by atoms with van der Waals surface area (Å²) in [4.78, 5) is 4.15.